The van der Waals surface area contributed by atoms with Crippen molar-refractivity contribution in [2.24, 2.45) is 22.2 Å². The summed E-state index contributed by atoms with van der Waals surface area (Å²) in [7, 11) is 0. The Morgan fingerprint density at radius 2 is 1.57 bits per heavy atom. The van der Waals surface area contributed by atoms with Gasteiger partial charge in [-0.25, -0.2) is 4.79 Å². The number of carbonyl (C=O) groups excluding carboxylic acids is 3. The summed E-state index contributed by atoms with van der Waals surface area (Å²) >= 11 is 4.11. The van der Waals surface area contributed by atoms with Gasteiger partial charge in [-0.05, 0) is 24.5 Å². The van der Waals surface area contributed by atoms with Gasteiger partial charge < -0.3 is 48.3 Å². The van der Waals surface area contributed by atoms with Crippen molar-refractivity contribution in [3.63, 3.8) is 0 Å². The summed E-state index contributed by atoms with van der Waals surface area (Å²) in [5.74, 6) is -5.42. The third-order valence-electron chi connectivity index (χ3n) is 5.84. The van der Waals surface area contributed by atoms with Crippen molar-refractivity contribution in [2.45, 2.75) is 49.9 Å². The number of benzene rings is 1. The fourth-order valence-electron chi connectivity index (χ4n) is 3.79. The molecule has 0 fully saturated rings. The molecule has 1 aromatic heterocycles. The van der Waals surface area contributed by atoms with Crippen molar-refractivity contribution in [1.82, 2.24) is 20.9 Å². The summed E-state index contributed by atoms with van der Waals surface area (Å²) in [5.41, 5.74) is 17.7. The predicted molar refractivity (Wildman–Crippen MR) is 149 cm³/mol. The second-order valence-electron chi connectivity index (χ2n) is 8.92. The first-order chi connectivity index (χ1) is 18.9. The SMILES string of the molecule is NC(N)=NCCCC(NC(=O)C(N)CC(=O)O)C(=O)NC(CS)C(=O)NC(Cc1c[nH]c2ccccc12)C(=O)O. The van der Waals surface area contributed by atoms with Crippen molar-refractivity contribution in [3.05, 3.63) is 36.0 Å². The molecular formula is C24H34N8O7S. The maximum absolute atomic E-state index is 13.0. The number of guanidine groups is 1. The quantitative estimate of drug-likeness (QED) is 0.0454. The first-order valence-electron chi connectivity index (χ1n) is 12.3. The summed E-state index contributed by atoms with van der Waals surface area (Å²) in [6, 6.07) is 2.08. The molecule has 0 spiro atoms. The number of aliphatic imine (C=N–C) groups is 1. The number of nitrogens with zero attached hydrogens (tertiary/aromatic N) is 1. The van der Waals surface area contributed by atoms with E-state index in [1.807, 2.05) is 24.3 Å². The largest absolute Gasteiger partial charge is 0.481 e. The fourth-order valence-corrected chi connectivity index (χ4v) is 4.05. The number of amides is 3. The van der Waals surface area contributed by atoms with Crippen LogP contribution in [0, 0.1) is 0 Å². The van der Waals surface area contributed by atoms with Crippen LogP contribution in [-0.4, -0.2) is 87.3 Å². The van der Waals surface area contributed by atoms with E-state index in [2.05, 4.69) is 38.6 Å². The van der Waals surface area contributed by atoms with Gasteiger partial charge in [-0.15, -0.1) is 0 Å². The van der Waals surface area contributed by atoms with Crippen LogP contribution in [0.15, 0.2) is 35.5 Å². The number of thiol groups is 1. The molecule has 4 atom stereocenters. The van der Waals surface area contributed by atoms with E-state index in [0.717, 1.165) is 10.9 Å². The number of carbonyl (C=O) groups is 5. The molecule has 0 radical (unpaired) electrons. The van der Waals surface area contributed by atoms with E-state index in [-0.39, 0.29) is 37.5 Å². The Bertz CT molecular complexity index is 1250. The first-order valence-corrected chi connectivity index (χ1v) is 12.9. The predicted octanol–water partition coefficient (Wildman–Crippen LogP) is -1.97. The standard InChI is InChI=1S/C24H34N8O7S/c25-14(9-19(33)34)20(35)30-16(6-3-7-28-24(26)27)21(36)32-18(11-40)22(37)31-17(23(38)39)8-12-10-29-15-5-2-1-4-13(12)15/h1-2,4-5,10,14,16-18,29,40H,3,6-9,11,25H2,(H,30,35)(H,31,37)(H,32,36)(H,33,34)(H,38,39)(H4,26,27,28). The average Bonchev–Trinajstić information content (AvgIpc) is 3.30. The Balaban J connectivity index is 2.11. The van der Waals surface area contributed by atoms with Gasteiger partial charge in [0.25, 0.3) is 0 Å². The van der Waals surface area contributed by atoms with Crippen molar-refractivity contribution in [3.8, 4) is 0 Å². The third-order valence-corrected chi connectivity index (χ3v) is 6.20. The average molecular weight is 579 g/mol. The number of carboxylic acid groups (broad SMARTS) is 2. The molecule has 12 N–H and O–H groups in total. The first kappa shape index (κ1) is 31.9. The molecule has 1 aromatic carbocycles. The number of hydrogen-bond acceptors (Lipinski definition) is 8. The monoisotopic (exact) mass is 578 g/mol. The molecule has 2 aromatic rings. The van der Waals surface area contributed by atoms with Crippen molar-refractivity contribution in [2.75, 3.05) is 12.3 Å². The van der Waals surface area contributed by atoms with Gasteiger partial charge in [0.05, 0.1) is 12.5 Å². The smallest absolute Gasteiger partial charge is 0.326 e. The lowest BCUT2D eigenvalue weighted by Crippen LogP contribution is -2.58. The Morgan fingerprint density at radius 1 is 0.950 bits per heavy atom. The molecule has 0 aliphatic carbocycles. The third kappa shape index (κ3) is 9.77. The van der Waals surface area contributed by atoms with Crippen LogP contribution in [-0.2, 0) is 30.4 Å². The molecule has 16 heteroatoms. The van der Waals surface area contributed by atoms with Crippen LogP contribution in [0.1, 0.15) is 24.8 Å². The Kier molecular flexibility index (Phi) is 12.2. The molecule has 15 nitrogen and oxygen atoms in total. The maximum atomic E-state index is 13.0. The molecule has 2 rings (SSSR count). The van der Waals surface area contributed by atoms with Gasteiger partial charge in [0.2, 0.25) is 17.7 Å². The molecule has 0 bridgehead atoms. The van der Waals surface area contributed by atoms with Gasteiger partial charge in [-0.1, -0.05) is 18.2 Å². The van der Waals surface area contributed by atoms with Gasteiger partial charge in [-0.3, -0.25) is 24.2 Å². The zero-order valence-electron chi connectivity index (χ0n) is 21.5. The number of aliphatic carboxylic acids is 2. The topological polar surface area (TPSA) is 268 Å². The van der Waals surface area contributed by atoms with Crippen LogP contribution in [0.4, 0.5) is 0 Å². The molecule has 40 heavy (non-hydrogen) atoms. The van der Waals surface area contributed by atoms with Crippen molar-refractivity contribution >= 4 is 59.2 Å². The highest BCUT2D eigenvalue weighted by molar-refractivity contribution is 7.80. The maximum Gasteiger partial charge on any atom is 0.326 e. The number of rotatable bonds is 16. The molecule has 4 unspecified atom stereocenters. The van der Waals surface area contributed by atoms with Crippen LogP contribution in [0.3, 0.4) is 0 Å². The van der Waals surface area contributed by atoms with E-state index < -0.39 is 60.2 Å². The Morgan fingerprint density at radius 3 is 2.20 bits per heavy atom. The number of fused-ring (bicyclic) bond motifs is 1. The molecule has 3 amide bonds. The highest BCUT2D eigenvalue weighted by Gasteiger charge is 2.30. The number of aromatic nitrogens is 1. The lowest BCUT2D eigenvalue weighted by atomic mass is 10.0. The van der Waals surface area contributed by atoms with E-state index in [1.165, 1.54) is 0 Å². The number of hydrogen-bond donors (Lipinski definition) is 10. The van der Waals surface area contributed by atoms with E-state index in [0.29, 0.717) is 5.56 Å². The van der Waals surface area contributed by atoms with Gasteiger partial charge >= 0.3 is 11.9 Å². The normalized spacial score (nSPS) is 13.8. The van der Waals surface area contributed by atoms with Crippen molar-refractivity contribution in [1.29, 1.82) is 0 Å². The van der Waals surface area contributed by atoms with Crippen LogP contribution in [0.2, 0.25) is 0 Å². The highest BCUT2D eigenvalue weighted by atomic mass is 32.1. The van der Waals surface area contributed by atoms with Gasteiger partial charge in [-0.2, -0.15) is 12.6 Å². The number of H-pyrrole nitrogens is 1. The molecule has 218 valence electrons. The minimum absolute atomic E-state index is 0.0212. The molecule has 0 aliphatic heterocycles. The molecular weight excluding hydrogens is 544 g/mol. The van der Waals surface area contributed by atoms with E-state index in [9.17, 15) is 29.1 Å². The van der Waals surface area contributed by atoms with Gasteiger partial charge in [0, 0.05) is 35.8 Å². The minimum Gasteiger partial charge on any atom is -0.481 e. The molecule has 0 saturated heterocycles. The van der Waals surface area contributed by atoms with Gasteiger partial charge in [0.1, 0.15) is 18.1 Å². The van der Waals surface area contributed by atoms with Crippen LogP contribution >= 0.6 is 12.6 Å². The molecule has 0 aliphatic rings. The number of carboxylic acids is 2. The van der Waals surface area contributed by atoms with Crippen molar-refractivity contribution < 1.29 is 34.2 Å². The number of aromatic amines is 1. The van der Waals surface area contributed by atoms with Crippen LogP contribution in [0.25, 0.3) is 10.9 Å². The number of nitrogens with one attached hydrogen (secondary N) is 4. The lowest BCUT2D eigenvalue weighted by molar-refractivity contribution is -0.142. The second kappa shape index (κ2) is 15.3. The zero-order chi connectivity index (χ0) is 29.8. The number of para-hydroxylation sites is 1. The summed E-state index contributed by atoms with van der Waals surface area (Å²) in [6.07, 6.45) is 1.24. The van der Waals surface area contributed by atoms with Gasteiger partial charge in [0.15, 0.2) is 5.96 Å². The number of nitrogens with two attached hydrogens (primary N) is 3. The summed E-state index contributed by atoms with van der Waals surface area (Å²) in [4.78, 5) is 68.1. The van der Waals surface area contributed by atoms with E-state index in [4.69, 9.17) is 22.3 Å². The van der Waals surface area contributed by atoms with E-state index >= 15 is 0 Å². The lowest BCUT2D eigenvalue weighted by Gasteiger charge is -2.24. The summed E-state index contributed by atoms with van der Waals surface area (Å²) < 4.78 is 0. The molecule has 1 heterocycles. The summed E-state index contributed by atoms with van der Waals surface area (Å²) in [5, 5.41) is 26.7. The zero-order valence-corrected chi connectivity index (χ0v) is 22.4. The van der Waals surface area contributed by atoms with Crippen LogP contribution in [0.5, 0.6) is 0 Å². The van der Waals surface area contributed by atoms with E-state index in [1.54, 1.807) is 6.20 Å². The second-order valence-corrected chi connectivity index (χ2v) is 9.29. The minimum atomic E-state index is -1.42. The molecule has 0 saturated carbocycles. The van der Waals surface area contributed by atoms with Crippen LogP contribution < -0.4 is 33.2 Å². The highest BCUT2D eigenvalue weighted by Crippen LogP contribution is 2.19. The fraction of sp³-hybridized carbons (Fsp3) is 0.417. The Hall–Kier alpha value is -4.31. The summed E-state index contributed by atoms with van der Waals surface area (Å²) in [6.45, 7) is 0.133. The Labute approximate surface area is 234 Å².